The summed E-state index contributed by atoms with van der Waals surface area (Å²) in [6.07, 6.45) is 3.51. The molecule has 0 unspecified atom stereocenters. The molecule has 0 fully saturated rings. The number of hydrogen-bond donors (Lipinski definition) is 0. The molecular weight excluding hydrogens is 296 g/mol. The minimum atomic E-state index is -0.425. The fraction of sp³-hybridized carbons (Fsp3) is 0.294. The second kappa shape index (κ2) is 6.56. The fourth-order valence-corrected chi connectivity index (χ4v) is 2.45. The molecular formula is C17H20N2O4. The number of ether oxygens (including phenoxy) is 2. The third-order valence-corrected chi connectivity index (χ3v) is 3.56. The molecule has 2 aromatic rings. The van der Waals surface area contributed by atoms with Crippen molar-refractivity contribution in [2.24, 2.45) is 7.05 Å². The van der Waals surface area contributed by atoms with Gasteiger partial charge in [0, 0.05) is 39.1 Å². The van der Waals surface area contributed by atoms with Crippen LogP contribution in [0.15, 0.2) is 30.6 Å². The molecule has 6 heteroatoms. The van der Waals surface area contributed by atoms with Crippen LogP contribution < -0.4 is 4.90 Å². The topological polar surface area (TPSA) is 60.8 Å². The number of carbonyl (C=O) groups is 2. The van der Waals surface area contributed by atoms with Crippen molar-refractivity contribution in [2.75, 3.05) is 33.2 Å². The van der Waals surface area contributed by atoms with Crippen LogP contribution in [0.25, 0.3) is 11.1 Å². The Morgan fingerprint density at radius 2 is 1.61 bits per heavy atom. The zero-order chi connectivity index (χ0) is 17.1. The number of carbonyl (C=O) groups excluding carboxylic acids is 2. The summed E-state index contributed by atoms with van der Waals surface area (Å²) < 4.78 is 11.5. The summed E-state index contributed by atoms with van der Waals surface area (Å²) >= 11 is 0. The van der Waals surface area contributed by atoms with E-state index in [1.807, 2.05) is 44.4 Å². The Hall–Kier alpha value is -2.76. The smallest absolute Gasteiger partial charge is 0.340 e. The molecule has 0 aliphatic heterocycles. The first-order valence-corrected chi connectivity index (χ1v) is 7.03. The van der Waals surface area contributed by atoms with E-state index in [-0.39, 0.29) is 0 Å². The number of esters is 2. The standard InChI is InChI=1S/C17H20N2O4/c1-18(2)15-7-6-11(8-12(15)16(20)22-4)13-9-19(3)10-14(13)17(21)23-5/h6-10H,1-5H3. The molecule has 1 aromatic carbocycles. The lowest BCUT2D eigenvalue weighted by atomic mass is 10.0. The quantitative estimate of drug-likeness (QED) is 0.810. The summed E-state index contributed by atoms with van der Waals surface area (Å²) in [7, 11) is 8.21. The van der Waals surface area contributed by atoms with E-state index in [1.165, 1.54) is 14.2 Å². The van der Waals surface area contributed by atoms with Gasteiger partial charge in [0.2, 0.25) is 0 Å². The lowest BCUT2D eigenvalue weighted by molar-refractivity contribution is 0.0593. The molecule has 0 aliphatic rings. The number of hydrogen-bond acceptors (Lipinski definition) is 5. The fourth-order valence-electron chi connectivity index (χ4n) is 2.45. The van der Waals surface area contributed by atoms with E-state index in [0.29, 0.717) is 16.7 Å². The van der Waals surface area contributed by atoms with E-state index >= 15 is 0 Å². The molecule has 0 saturated carbocycles. The van der Waals surface area contributed by atoms with E-state index < -0.39 is 11.9 Å². The zero-order valence-electron chi connectivity index (χ0n) is 13.9. The Morgan fingerprint density at radius 3 is 2.17 bits per heavy atom. The maximum atomic E-state index is 12.1. The van der Waals surface area contributed by atoms with Gasteiger partial charge in [0.15, 0.2) is 0 Å². The van der Waals surface area contributed by atoms with Gasteiger partial charge in [-0.1, -0.05) is 6.07 Å². The van der Waals surface area contributed by atoms with Crippen molar-refractivity contribution in [3.63, 3.8) is 0 Å². The highest BCUT2D eigenvalue weighted by atomic mass is 16.5. The molecule has 0 amide bonds. The van der Waals surface area contributed by atoms with Gasteiger partial charge in [0.1, 0.15) is 0 Å². The van der Waals surface area contributed by atoms with Gasteiger partial charge in [-0.25, -0.2) is 9.59 Å². The second-order valence-corrected chi connectivity index (χ2v) is 5.36. The summed E-state index contributed by atoms with van der Waals surface area (Å²) in [5, 5.41) is 0. The van der Waals surface area contributed by atoms with Crippen LogP contribution >= 0.6 is 0 Å². The van der Waals surface area contributed by atoms with Crippen molar-refractivity contribution >= 4 is 17.6 Å². The van der Waals surface area contributed by atoms with Crippen molar-refractivity contribution in [3.05, 3.63) is 41.7 Å². The Labute approximate surface area is 135 Å². The summed E-state index contributed by atoms with van der Waals surface area (Å²) in [4.78, 5) is 25.8. The van der Waals surface area contributed by atoms with Crippen molar-refractivity contribution in [2.45, 2.75) is 0 Å². The average Bonchev–Trinajstić information content (AvgIpc) is 2.94. The van der Waals surface area contributed by atoms with Crippen LogP contribution in [0.4, 0.5) is 5.69 Å². The summed E-state index contributed by atoms with van der Waals surface area (Å²) in [6.45, 7) is 0. The van der Waals surface area contributed by atoms with E-state index in [9.17, 15) is 9.59 Å². The van der Waals surface area contributed by atoms with Crippen LogP contribution in [-0.2, 0) is 16.5 Å². The van der Waals surface area contributed by atoms with Gasteiger partial charge in [0.25, 0.3) is 0 Å². The van der Waals surface area contributed by atoms with Crippen LogP contribution in [0.1, 0.15) is 20.7 Å². The minimum Gasteiger partial charge on any atom is -0.465 e. The Kier molecular flexibility index (Phi) is 4.74. The van der Waals surface area contributed by atoms with Crippen molar-refractivity contribution in [3.8, 4) is 11.1 Å². The monoisotopic (exact) mass is 316 g/mol. The molecule has 0 bridgehead atoms. The molecule has 23 heavy (non-hydrogen) atoms. The third-order valence-electron chi connectivity index (χ3n) is 3.56. The predicted octanol–water partition coefficient (Wildman–Crippen LogP) is 2.33. The number of rotatable bonds is 4. The molecule has 0 N–H and O–H groups in total. The van der Waals surface area contributed by atoms with Gasteiger partial charge in [0.05, 0.1) is 31.0 Å². The van der Waals surface area contributed by atoms with E-state index in [1.54, 1.807) is 16.8 Å². The highest BCUT2D eigenvalue weighted by Crippen LogP contribution is 2.30. The zero-order valence-corrected chi connectivity index (χ0v) is 13.9. The first-order valence-electron chi connectivity index (χ1n) is 7.03. The Bertz CT molecular complexity index is 747. The summed E-state index contributed by atoms with van der Waals surface area (Å²) in [6, 6.07) is 5.42. The van der Waals surface area contributed by atoms with Crippen molar-refractivity contribution in [1.82, 2.24) is 4.57 Å². The van der Waals surface area contributed by atoms with Gasteiger partial charge in [-0.15, -0.1) is 0 Å². The first-order chi connectivity index (χ1) is 10.9. The van der Waals surface area contributed by atoms with Gasteiger partial charge >= 0.3 is 11.9 Å². The molecule has 6 nitrogen and oxygen atoms in total. The molecule has 1 heterocycles. The number of aryl methyl sites for hydroxylation is 1. The van der Waals surface area contributed by atoms with Crippen molar-refractivity contribution in [1.29, 1.82) is 0 Å². The largest absolute Gasteiger partial charge is 0.465 e. The second-order valence-electron chi connectivity index (χ2n) is 5.36. The highest BCUT2D eigenvalue weighted by Gasteiger charge is 2.19. The molecule has 2 rings (SSSR count). The highest BCUT2D eigenvalue weighted by molar-refractivity contribution is 6.00. The summed E-state index contributed by atoms with van der Waals surface area (Å²) in [5.74, 6) is -0.844. The SMILES string of the molecule is COC(=O)c1cn(C)cc1-c1ccc(N(C)C)c(C(=O)OC)c1. The predicted molar refractivity (Wildman–Crippen MR) is 87.9 cm³/mol. The maximum absolute atomic E-state index is 12.1. The molecule has 0 aliphatic carbocycles. The third kappa shape index (κ3) is 3.21. The van der Waals surface area contributed by atoms with Crippen LogP contribution in [0.2, 0.25) is 0 Å². The molecule has 0 atom stereocenters. The lowest BCUT2D eigenvalue weighted by Crippen LogP contribution is -2.15. The number of methoxy groups -OCH3 is 2. The Morgan fingerprint density at radius 1 is 1.00 bits per heavy atom. The number of anilines is 1. The number of benzene rings is 1. The molecule has 1 aromatic heterocycles. The minimum absolute atomic E-state index is 0.420. The molecule has 122 valence electrons. The van der Waals surface area contributed by atoms with Crippen LogP contribution in [0, 0.1) is 0 Å². The van der Waals surface area contributed by atoms with Crippen LogP contribution in [0.3, 0.4) is 0 Å². The summed E-state index contributed by atoms with van der Waals surface area (Å²) in [5.41, 5.74) is 3.08. The van der Waals surface area contributed by atoms with Gasteiger partial charge in [-0.3, -0.25) is 0 Å². The van der Waals surface area contributed by atoms with Gasteiger partial charge in [-0.05, 0) is 17.7 Å². The van der Waals surface area contributed by atoms with Gasteiger partial charge in [-0.2, -0.15) is 0 Å². The van der Waals surface area contributed by atoms with E-state index in [0.717, 1.165) is 11.3 Å². The first kappa shape index (κ1) is 16.6. The van der Waals surface area contributed by atoms with Gasteiger partial charge < -0.3 is 18.9 Å². The molecule has 0 radical (unpaired) electrons. The normalized spacial score (nSPS) is 10.3. The number of aromatic nitrogens is 1. The van der Waals surface area contributed by atoms with E-state index in [4.69, 9.17) is 9.47 Å². The van der Waals surface area contributed by atoms with Crippen LogP contribution in [-0.4, -0.2) is 44.8 Å². The average molecular weight is 316 g/mol. The van der Waals surface area contributed by atoms with E-state index in [2.05, 4.69) is 0 Å². The van der Waals surface area contributed by atoms with Crippen molar-refractivity contribution < 1.29 is 19.1 Å². The lowest BCUT2D eigenvalue weighted by Gasteiger charge is -2.17. The molecule has 0 spiro atoms. The maximum Gasteiger partial charge on any atom is 0.340 e. The molecule has 0 saturated heterocycles. The van der Waals surface area contributed by atoms with Crippen LogP contribution in [0.5, 0.6) is 0 Å². The number of nitrogens with zero attached hydrogens (tertiary/aromatic N) is 2. The Balaban J connectivity index is 2.62.